The van der Waals surface area contributed by atoms with Crippen molar-refractivity contribution in [2.24, 2.45) is 0 Å². The van der Waals surface area contributed by atoms with Crippen LogP contribution in [0.3, 0.4) is 0 Å². The lowest BCUT2D eigenvalue weighted by Gasteiger charge is -2.19. The van der Waals surface area contributed by atoms with Crippen LogP contribution in [0.2, 0.25) is 0 Å². The number of amides is 1. The minimum Gasteiger partial charge on any atom is -0.357 e. The summed E-state index contributed by atoms with van der Waals surface area (Å²) in [6.45, 7) is 3.25. The maximum atomic E-state index is 11.2. The number of carbonyl (C=O) groups excluding carboxylic acids is 1. The third-order valence-electron chi connectivity index (χ3n) is 3.42. The molecule has 1 atom stereocenters. The van der Waals surface area contributed by atoms with E-state index in [1.54, 1.807) is 18.3 Å². The first-order chi connectivity index (χ1) is 9.67. The van der Waals surface area contributed by atoms with Crippen molar-refractivity contribution in [1.29, 1.82) is 0 Å². The Morgan fingerprint density at radius 3 is 3.10 bits per heavy atom. The van der Waals surface area contributed by atoms with Gasteiger partial charge < -0.3 is 15.5 Å². The molecule has 2 N–H and O–H groups in total. The summed E-state index contributed by atoms with van der Waals surface area (Å²) in [4.78, 5) is 23.4. The number of fused-ring (bicyclic) bond motifs is 1. The van der Waals surface area contributed by atoms with Crippen LogP contribution >= 0.6 is 11.3 Å². The monoisotopic (exact) mass is 291 g/mol. The fourth-order valence-electron chi connectivity index (χ4n) is 2.55. The van der Waals surface area contributed by atoms with Gasteiger partial charge >= 0.3 is 0 Å². The van der Waals surface area contributed by atoms with Crippen molar-refractivity contribution >= 4 is 39.2 Å². The number of thiophene rings is 1. The van der Waals surface area contributed by atoms with E-state index in [1.165, 1.54) is 0 Å². The SMILES string of the molecule is CNc1nc(N2CCC(NC(C)=O)C2)c2ccsc2n1. The zero-order chi connectivity index (χ0) is 14.1. The third-order valence-corrected chi connectivity index (χ3v) is 4.23. The van der Waals surface area contributed by atoms with Gasteiger partial charge in [-0.3, -0.25) is 4.79 Å². The molecule has 0 spiro atoms. The summed E-state index contributed by atoms with van der Waals surface area (Å²) < 4.78 is 0. The maximum absolute atomic E-state index is 11.2. The van der Waals surface area contributed by atoms with Crippen molar-refractivity contribution in [3.8, 4) is 0 Å². The summed E-state index contributed by atoms with van der Waals surface area (Å²) in [5, 5.41) is 9.09. The Labute approximate surface area is 121 Å². The van der Waals surface area contributed by atoms with Gasteiger partial charge in [-0.1, -0.05) is 0 Å². The van der Waals surface area contributed by atoms with E-state index in [-0.39, 0.29) is 11.9 Å². The van der Waals surface area contributed by atoms with Gasteiger partial charge in [0, 0.05) is 33.1 Å². The van der Waals surface area contributed by atoms with Crippen LogP contribution in [0, 0.1) is 0 Å². The van der Waals surface area contributed by atoms with Crippen molar-refractivity contribution in [2.45, 2.75) is 19.4 Å². The van der Waals surface area contributed by atoms with E-state index >= 15 is 0 Å². The Morgan fingerprint density at radius 2 is 2.35 bits per heavy atom. The number of rotatable bonds is 3. The van der Waals surface area contributed by atoms with Crippen LogP contribution in [0.1, 0.15) is 13.3 Å². The van der Waals surface area contributed by atoms with Crippen LogP contribution in [0.15, 0.2) is 11.4 Å². The molecular formula is C13H17N5OS. The zero-order valence-corrected chi connectivity index (χ0v) is 12.3. The highest BCUT2D eigenvalue weighted by molar-refractivity contribution is 7.16. The topological polar surface area (TPSA) is 70.2 Å². The van der Waals surface area contributed by atoms with Crippen LogP contribution < -0.4 is 15.5 Å². The minimum atomic E-state index is 0.0242. The second-order valence-electron chi connectivity index (χ2n) is 4.89. The van der Waals surface area contributed by atoms with Crippen LogP contribution in [0.25, 0.3) is 10.2 Å². The molecule has 106 valence electrons. The first-order valence-electron chi connectivity index (χ1n) is 6.62. The molecule has 1 saturated heterocycles. The molecule has 0 bridgehead atoms. The third kappa shape index (κ3) is 2.40. The summed E-state index contributed by atoms with van der Waals surface area (Å²) >= 11 is 1.61. The number of carbonyl (C=O) groups is 1. The van der Waals surface area contributed by atoms with Crippen molar-refractivity contribution < 1.29 is 4.79 Å². The van der Waals surface area contributed by atoms with Crippen LogP contribution in [0.4, 0.5) is 11.8 Å². The average Bonchev–Trinajstić information content (AvgIpc) is 3.05. The van der Waals surface area contributed by atoms with Gasteiger partial charge in [0.2, 0.25) is 11.9 Å². The molecular weight excluding hydrogens is 274 g/mol. The van der Waals surface area contributed by atoms with Gasteiger partial charge in [-0.15, -0.1) is 11.3 Å². The number of hydrogen-bond donors (Lipinski definition) is 2. The lowest BCUT2D eigenvalue weighted by atomic mass is 10.2. The Hall–Kier alpha value is -1.89. The largest absolute Gasteiger partial charge is 0.357 e. The van der Waals surface area contributed by atoms with Crippen LogP contribution in [-0.4, -0.2) is 42.1 Å². The molecule has 2 aromatic heterocycles. The molecule has 0 aromatic carbocycles. The maximum Gasteiger partial charge on any atom is 0.225 e. The number of nitrogens with zero attached hydrogens (tertiary/aromatic N) is 3. The van der Waals surface area contributed by atoms with Gasteiger partial charge in [-0.2, -0.15) is 4.98 Å². The molecule has 0 radical (unpaired) electrons. The van der Waals surface area contributed by atoms with E-state index in [1.807, 2.05) is 12.4 Å². The minimum absolute atomic E-state index is 0.0242. The Kier molecular flexibility index (Phi) is 3.43. The molecule has 1 amide bonds. The predicted octanol–water partition coefficient (Wildman–Crippen LogP) is 1.45. The van der Waals surface area contributed by atoms with E-state index in [0.717, 1.165) is 35.5 Å². The molecule has 7 heteroatoms. The van der Waals surface area contributed by atoms with Crippen molar-refractivity contribution in [2.75, 3.05) is 30.4 Å². The second kappa shape index (κ2) is 5.24. The van der Waals surface area contributed by atoms with E-state index in [9.17, 15) is 4.79 Å². The van der Waals surface area contributed by atoms with Crippen LogP contribution in [-0.2, 0) is 4.79 Å². The highest BCUT2D eigenvalue weighted by atomic mass is 32.1. The molecule has 3 rings (SSSR count). The highest BCUT2D eigenvalue weighted by Gasteiger charge is 2.26. The van der Waals surface area contributed by atoms with Gasteiger partial charge in [-0.05, 0) is 17.9 Å². The number of hydrogen-bond acceptors (Lipinski definition) is 6. The summed E-state index contributed by atoms with van der Waals surface area (Å²) in [5.41, 5.74) is 0. The van der Waals surface area contributed by atoms with Gasteiger partial charge in [0.1, 0.15) is 10.6 Å². The summed E-state index contributed by atoms with van der Waals surface area (Å²) in [6.07, 6.45) is 0.949. The number of aromatic nitrogens is 2. The van der Waals surface area contributed by atoms with Crippen molar-refractivity contribution in [3.63, 3.8) is 0 Å². The standard InChI is InChI=1S/C13H17N5OS/c1-8(19)15-9-3-5-18(7-9)11-10-4-6-20-12(10)17-13(14-2)16-11/h4,6,9H,3,5,7H2,1-2H3,(H,15,19)(H,14,16,17). The van der Waals surface area contributed by atoms with E-state index in [2.05, 4.69) is 31.6 Å². The molecule has 0 saturated carbocycles. The average molecular weight is 291 g/mol. The lowest BCUT2D eigenvalue weighted by molar-refractivity contribution is -0.119. The van der Waals surface area contributed by atoms with E-state index < -0.39 is 0 Å². The molecule has 2 aromatic rings. The Bertz CT molecular complexity index is 641. The number of nitrogens with one attached hydrogen (secondary N) is 2. The molecule has 1 fully saturated rings. The summed E-state index contributed by atoms with van der Waals surface area (Å²) in [5.74, 6) is 1.61. The van der Waals surface area contributed by atoms with Gasteiger partial charge in [0.05, 0.1) is 5.39 Å². The summed E-state index contributed by atoms with van der Waals surface area (Å²) in [6, 6.07) is 2.26. The van der Waals surface area contributed by atoms with Gasteiger partial charge in [0.25, 0.3) is 0 Å². The van der Waals surface area contributed by atoms with Gasteiger partial charge in [0.15, 0.2) is 0 Å². The molecule has 6 nitrogen and oxygen atoms in total. The summed E-state index contributed by atoms with van der Waals surface area (Å²) in [7, 11) is 1.82. The Balaban J connectivity index is 1.90. The smallest absolute Gasteiger partial charge is 0.225 e. The van der Waals surface area contributed by atoms with Crippen LogP contribution in [0.5, 0.6) is 0 Å². The van der Waals surface area contributed by atoms with Crippen molar-refractivity contribution in [1.82, 2.24) is 15.3 Å². The zero-order valence-electron chi connectivity index (χ0n) is 11.5. The molecule has 20 heavy (non-hydrogen) atoms. The molecule has 1 aliphatic heterocycles. The normalized spacial score (nSPS) is 18.5. The van der Waals surface area contributed by atoms with E-state index in [4.69, 9.17) is 0 Å². The van der Waals surface area contributed by atoms with E-state index in [0.29, 0.717) is 5.95 Å². The second-order valence-corrected chi connectivity index (χ2v) is 5.79. The van der Waals surface area contributed by atoms with Gasteiger partial charge in [-0.25, -0.2) is 4.98 Å². The fourth-order valence-corrected chi connectivity index (χ4v) is 3.31. The molecule has 1 unspecified atom stereocenters. The lowest BCUT2D eigenvalue weighted by Crippen LogP contribution is -2.35. The molecule has 0 aliphatic carbocycles. The predicted molar refractivity (Wildman–Crippen MR) is 81.4 cm³/mol. The Morgan fingerprint density at radius 1 is 1.50 bits per heavy atom. The first-order valence-corrected chi connectivity index (χ1v) is 7.50. The quantitative estimate of drug-likeness (QED) is 0.895. The highest BCUT2D eigenvalue weighted by Crippen LogP contribution is 2.30. The molecule has 3 heterocycles. The van der Waals surface area contributed by atoms with Crippen molar-refractivity contribution in [3.05, 3.63) is 11.4 Å². The number of anilines is 2. The fraction of sp³-hybridized carbons (Fsp3) is 0.462. The first kappa shape index (κ1) is 13.1. The molecule has 1 aliphatic rings.